The van der Waals surface area contributed by atoms with Gasteiger partial charge in [-0.25, -0.2) is 13.8 Å². The predicted molar refractivity (Wildman–Crippen MR) is 173 cm³/mol. The fraction of sp³-hybridized carbons (Fsp3) is 0.441. The second kappa shape index (κ2) is 11.0. The number of hydrogen-bond acceptors (Lipinski definition) is 8. The van der Waals surface area contributed by atoms with Crippen LogP contribution in [0.3, 0.4) is 0 Å². The number of hydrogen-bond donors (Lipinski definition) is 2. The molecule has 1 aliphatic carbocycles. The van der Waals surface area contributed by atoms with Gasteiger partial charge in [-0.2, -0.15) is 9.97 Å². The van der Waals surface area contributed by atoms with E-state index in [1.165, 1.54) is 6.07 Å². The zero-order chi connectivity index (χ0) is 30.9. The van der Waals surface area contributed by atoms with Crippen LogP contribution in [0.1, 0.15) is 37.7 Å². The number of fused-ring (bicyclic) bond motifs is 4. The topological polar surface area (TPSA) is 86.6 Å². The number of benzene rings is 2. The molecule has 5 heterocycles. The molecular formula is C34H33BrF2N6O2. The van der Waals surface area contributed by atoms with Crippen LogP contribution in [-0.4, -0.2) is 82.5 Å². The molecule has 45 heavy (non-hydrogen) atoms. The second-order valence-electron chi connectivity index (χ2n) is 13.1. The lowest BCUT2D eigenvalue weighted by Gasteiger charge is -2.34. The normalized spacial score (nSPS) is 24.0. The Morgan fingerprint density at radius 1 is 1.09 bits per heavy atom. The van der Waals surface area contributed by atoms with Crippen molar-refractivity contribution in [2.75, 3.05) is 44.2 Å². The third kappa shape index (κ3) is 5.27. The van der Waals surface area contributed by atoms with Crippen LogP contribution in [0.25, 0.3) is 32.9 Å². The van der Waals surface area contributed by atoms with Crippen LogP contribution in [0.5, 0.6) is 11.8 Å². The van der Waals surface area contributed by atoms with E-state index in [1.807, 2.05) is 0 Å². The van der Waals surface area contributed by atoms with Gasteiger partial charge in [0.1, 0.15) is 28.8 Å². The lowest BCUT2D eigenvalue weighted by atomic mass is 9.94. The highest BCUT2D eigenvalue weighted by molar-refractivity contribution is 9.10. The Bertz CT molecular complexity index is 1870. The molecule has 0 spiro atoms. The summed E-state index contributed by atoms with van der Waals surface area (Å²) in [5.74, 6) is 2.71. The third-order valence-electron chi connectivity index (χ3n) is 9.85. The van der Waals surface area contributed by atoms with Crippen molar-refractivity contribution in [1.29, 1.82) is 0 Å². The smallest absolute Gasteiger partial charge is 0.319 e. The molecule has 3 saturated heterocycles. The first-order chi connectivity index (χ1) is 21.8. The fourth-order valence-corrected chi connectivity index (χ4v) is 7.97. The van der Waals surface area contributed by atoms with Gasteiger partial charge in [0.2, 0.25) is 0 Å². The summed E-state index contributed by atoms with van der Waals surface area (Å²) < 4.78 is 35.7. The molecule has 232 valence electrons. The number of phenolic OH excluding ortho intramolecular Hbond substituents is 1. The van der Waals surface area contributed by atoms with Gasteiger partial charge < -0.3 is 20.1 Å². The average Bonchev–Trinajstić information content (AvgIpc) is 3.55. The summed E-state index contributed by atoms with van der Waals surface area (Å²) in [5.41, 5.74) is 2.41. The van der Waals surface area contributed by atoms with Crippen LogP contribution in [0.2, 0.25) is 0 Å². The number of aromatic hydroxyl groups is 1. The van der Waals surface area contributed by atoms with E-state index in [0.29, 0.717) is 74.9 Å². The number of rotatable bonds is 7. The Morgan fingerprint density at radius 2 is 1.89 bits per heavy atom. The van der Waals surface area contributed by atoms with Crippen LogP contribution in [0.15, 0.2) is 34.9 Å². The van der Waals surface area contributed by atoms with Crippen LogP contribution < -0.4 is 15.0 Å². The highest BCUT2D eigenvalue weighted by Gasteiger charge is 2.46. The molecule has 4 aliphatic rings. The summed E-state index contributed by atoms with van der Waals surface area (Å²) in [6.45, 7) is 4.12. The molecule has 1 saturated carbocycles. The number of piperazine rings is 1. The lowest BCUT2D eigenvalue weighted by Crippen LogP contribution is -2.51. The van der Waals surface area contributed by atoms with E-state index in [0.717, 1.165) is 51.9 Å². The van der Waals surface area contributed by atoms with E-state index in [9.17, 15) is 13.9 Å². The van der Waals surface area contributed by atoms with Gasteiger partial charge in [0.05, 0.1) is 16.6 Å². The maximum absolute atomic E-state index is 14.9. The van der Waals surface area contributed by atoms with E-state index in [-0.39, 0.29) is 22.7 Å². The summed E-state index contributed by atoms with van der Waals surface area (Å²) >= 11 is 3.80. The summed E-state index contributed by atoms with van der Waals surface area (Å²) in [6, 6.07) is 7.07. The first-order valence-corrected chi connectivity index (χ1v) is 16.4. The largest absolute Gasteiger partial charge is 0.508 e. The molecule has 8 nitrogen and oxygen atoms in total. The van der Waals surface area contributed by atoms with Crippen LogP contribution in [-0.2, 0) is 0 Å². The van der Waals surface area contributed by atoms with Gasteiger partial charge >= 0.3 is 6.01 Å². The summed E-state index contributed by atoms with van der Waals surface area (Å²) in [5, 5.41) is 15.4. The Kier molecular flexibility index (Phi) is 7.08. The van der Waals surface area contributed by atoms with Gasteiger partial charge in [0.25, 0.3) is 0 Å². The predicted octanol–water partition coefficient (Wildman–Crippen LogP) is 5.58. The molecule has 2 N–H and O–H groups in total. The van der Waals surface area contributed by atoms with Gasteiger partial charge in [0, 0.05) is 67.4 Å². The zero-order valence-corrected chi connectivity index (χ0v) is 26.3. The number of alkyl halides is 1. The Labute approximate surface area is 268 Å². The summed E-state index contributed by atoms with van der Waals surface area (Å²) in [6.07, 6.45) is 11.6. The minimum Gasteiger partial charge on any atom is -0.508 e. The monoisotopic (exact) mass is 674 g/mol. The van der Waals surface area contributed by atoms with E-state index in [2.05, 4.69) is 37.0 Å². The van der Waals surface area contributed by atoms with E-state index in [1.54, 1.807) is 24.4 Å². The molecule has 0 radical (unpaired) electrons. The molecular weight excluding hydrogens is 642 g/mol. The number of phenols is 1. The molecule has 3 atom stereocenters. The standard InChI is InChI=1S/C34H33BrF2N6O2/c1-2-24-27(37)6-3-19-11-23(44)12-25(28(19)24)26-13-38-31-30(29(26)35)40-33(41-32(31)43-15-21-4-5-22(16-43)39-21)45-18-34(8-9-34)17-42-10-7-20(36)14-42/h1,3,6,11-13,20-22,39,44H,4-5,7-10,14-18H2/t20-,21?,22?/m1/s1. The number of halogens is 3. The molecule has 2 aromatic heterocycles. The summed E-state index contributed by atoms with van der Waals surface area (Å²) in [7, 11) is 0. The van der Waals surface area contributed by atoms with E-state index in [4.69, 9.17) is 26.1 Å². The summed E-state index contributed by atoms with van der Waals surface area (Å²) in [4.78, 5) is 19.1. The molecule has 4 fully saturated rings. The first-order valence-electron chi connectivity index (χ1n) is 15.6. The number of nitrogens with one attached hydrogen (secondary N) is 1. The van der Waals surface area contributed by atoms with Crippen LogP contribution >= 0.6 is 15.9 Å². The van der Waals surface area contributed by atoms with Crippen molar-refractivity contribution in [2.45, 2.75) is 50.4 Å². The maximum atomic E-state index is 14.9. The Morgan fingerprint density at radius 3 is 2.60 bits per heavy atom. The molecule has 2 bridgehead atoms. The minimum absolute atomic E-state index is 0.0228. The van der Waals surface area contributed by atoms with Crippen LogP contribution in [0, 0.1) is 23.6 Å². The van der Waals surface area contributed by atoms with E-state index < -0.39 is 12.0 Å². The first kappa shape index (κ1) is 28.9. The molecule has 11 heteroatoms. The second-order valence-corrected chi connectivity index (χ2v) is 13.9. The molecule has 0 amide bonds. The van der Waals surface area contributed by atoms with Gasteiger partial charge in [-0.3, -0.25) is 4.90 Å². The van der Waals surface area contributed by atoms with Gasteiger partial charge in [-0.15, -0.1) is 6.42 Å². The van der Waals surface area contributed by atoms with Crippen molar-refractivity contribution < 1.29 is 18.6 Å². The third-order valence-corrected chi connectivity index (χ3v) is 10.7. The van der Waals surface area contributed by atoms with Crippen molar-refractivity contribution in [1.82, 2.24) is 25.2 Å². The molecule has 2 aromatic carbocycles. The number of ether oxygens (including phenoxy) is 1. The SMILES string of the molecule is C#Cc1c(F)ccc2cc(O)cc(-c3cnc4c(N5CC6CCC(C5)N6)nc(OCC5(CN6CC[C@@H](F)C6)CC5)nc4c3Br)c12. The van der Waals surface area contributed by atoms with Crippen molar-refractivity contribution in [3.05, 3.63) is 46.3 Å². The number of terminal acetylenes is 1. The molecule has 4 aromatic rings. The van der Waals surface area contributed by atoms with Crippen LogP contribution in [0.4, 0.5) is 14.6 Å². The molecule has 3 aliphatic heterocycles. The molecule has 8 rings (SSSR count). The number of likely N-dealkylation sites (tertiary alicyclic amines) is 1. The number of nitrogens with zero attached hydrogens (tertiary/aromatic N) is 5. The quantitative estimate of drug-likeness (QED) is 0.246. The number of pyridine rings is 1. The highest BCUT2D eigenvalue weighted by atomic mass is 79.9. The fourth-order valence-electron chi connectivity index (χ4n) is 7.38. The van der Waals surface area contributed by atoms with Gasteiger partial charge in [-0.1, -0.05) is 12.0 Å². The van der Waals surface area contributed by atoms with Gasteiger partial charge in [-0.05, 0) is 77.2 Å². The average molecular weight is 676 g/mol. The van der Waals surface area contributed by atoms with E-state index >= 15 is 0 Å². The van der Waals surface area contributed by atoms with Crippen molar-refractivity contribution in [2.24, 2.45) is 5.41 Å². The Balaban J connectivity index is 1.22. The zero-order valence-electron chi connectivity index (χ0n) is 24.7. The van der Waals surface area contributed by atoms with Crippen molar-refractivity contribution in [3.8, 4) is 35.2 Å². The van der Waals surface area contributed by atoms with Crippen molar-refractivity contribution in [3.63, 3.8) is 0 Å². The minimum atomic E-state index is -0.752. The highest BCUT2D eigenvalue weighted by Crippen LogP contribution is 2.47. The molecule has 2 unspecified atom stereocenters. The Hall–Kier alpha value is -3.59. The number of aromatic nitrogens is 3. The number of anilines is 1. The maximum Gasteiger partial charge on any atom is 0.319 e. The lowest BCUT2D eigenvalue weighted by molar-refractivity contribution is 0.165. The van der Waals surface area contributed by atoms with Crippen molar-refractivity contribution >= 4 is 43.6 Å². The van der Waals surface area contributed by atoms with Gasteiger partial charge in [0.15, 0.2) is 5.82 Å².